The van der Waals surface area contributed by atoms with Crippen molar-refractivity contribution in [3.05, 3.63) is 30.1 Å². The lowest BCUT2D eigenvalue weighted by Gasteiger charge is -2.16. The second-order valence-electron chi connectivity index (χ2n) is 5.70. The van der Waals surface area contributed by atoms with Crippen LogP contribution in [0.3, 0.4) is 0 Å². The van der Waals surface area contributed by atoms with Crippen molar-refractivity contribution >= 4 is 5.97 Å². The first-order valence-corrected chi connectivity index (χ1v) is 8.04. The minimum absolute atomic E-state index is 0.0644. The third-order valence-electron chi connectivity index (χ3n) is 3.79. The summed E-state index contributed by atoms with van der Waals surface area (Å²) in [7, 11) is 1.51. The smallest absolute Gasteiger partial charge is 0.305 e. The third-order valence-corrected chi connectivity index (χ3v) is 3.79. The van der Waals surface area contributed by atoms with Crippen molar-refractivity contribution in [2.45, 2.75) is 58.5 Å². The van der Waals surface area contributed by atoms with Crippen molar-refractivity contribution in [1.29, 1.82) is 0 Å². The zero-order valence-electron chi connectivity index (χ0n) is 13.8. The predicted octanol–water partition coefficient (Wildman–Crippen LogP) is 4.74. The number of hydrogen-bond donors (Lipinski definition) is 0. The molecule has 22 heavy (non-hydrogen) atoms. The molecule has 1 atom stereocenters. The topological polar surface area (TPSA) is 35.5 Å². The molecule has 0 aliphatic heterocycles. The van der Waals surface area contributed by atoms with Gasteiger partial charge in [-0.15, -0.1) is 0 Å². The second-order valence-corrected chi connectivity index (χ2v) is 5.70. The summed E-state index contributed by atoms with van der Waals surface area (Å²) in [5.41, 5.74) is 0. The minimum Gasteiger partial charge on any atom is -0.497 e. The van der Waals surface area contributed by atoms with E-state index in [2.05, 4.69) is 0 Å². The van der Waals surface area contributed by atoms with Crippen LogP contribution >= 0.6 is 0 Å². The highest BCUT2D eigenvalue weighted by Gasteiger charge is 2.19. The maximum atomic E-state index is 12.3. The van der Waals surface area contributed by atoms with Crippen LogP contribution in [0.5, 0.6) is 5.75 Å². The summed E-state index contributed by atoms with van der Waals surface area (Å²) in [5, 5.41) is 0. The monoisotopic (exact) mass is 310 g/mol. The van der Waals surface area contributed by atoms with Gasteiger partial charge in [-0.2, -0.15) is 0 Å². The zero-order valence-corrected chi connectivity index (χ0v) is 13.8. The van der Waals surface area contributed by atoms with Gasteiger partial charge in [0.2, 0.25) is 0 Å². The highest BCUT2D eigenvalue weighted by molar-refractivity contribution is 5.69. The molecule has 0 spiro atoms. The zero-order chi connectivity index (χ0) is 16.4. The van der Waals surface area contributed by atoms with E-state index in [4.69, 9.17) is 9.47 Å². The Morgan fingerprint density at radius 3 is 2.55 bits per heavy atom. The standard InChI is InChI=1S/C11H20O2.C7H7FO/c1-3-11(12)13-9(2)8-10-6-4-5-7-10;1-9-7-4-2-3-6(8)5-7/h9-10H,3-8H2,1-2H3;2-5H,1H3. The molecule has 1 unspecified atom stereocenters. The first-order chi connectivity index (χ1) is 10.5. The van der Waals surface area contributed by atoms with Gasteiger partial charge in [-0.05, 0) is 31.4 Å². The van der Waals surface area contributed by atoms with Crippen LogP contribution in [0.15, 0.2) is 24.3 Å². The van der Waals surface area contributed by atoms with E-state index in [0.29, 0.717) is 12.2 Å². The molecule has 1 saturated carbocycles. The van der Waals surface area contributed by atoms with Crippen LogP contribution < -0.4 is 4.74 Å². The number of esters is 1. The lowest BCUT2D eigenvalue weighted by Crippen LogP contribution is -2.16. The summed E-state index contributed by atoms with van der Waals surface area (Å²) in [6.45, 7) is 3.84. The van der Waals surface area contributed by atoms with Gasteiger partial charge in [0.25, 0.3) is 0 Å². The van der Waals surface area contributed by atoms with E-state index in [-0.39, 0.29) is 17.9 Å². The molecule has 0 bridgehead atoms. The average molecular weight is 310 g/mol. The number of halogens is 1. The maximum Gasteiger partial charge on any atom is 0.305 e. The molecule has 0 radical (unpaired) electrons. The molecule has 2 rings (SSSR count). The summed E-state index contributed by atoms with van der Waals surface area (Å²) in [5.74, 6) is 1.02. The van der Waals surface area contributed by atoms with Crippen LogP contribution in [0.1, 0.15) is 52.4 Å². The van der Waals surface area contributed by atoms with Gasteiger partial charge in [-0.3, -0.25) is 4.79 Å². The molecule has 1 fully saturated rings. The van der Waals surface area contributed by atoms with Crippen LogP contribution in [-0.2, 0) is 9.53 Å². The molecular formula is C18H27FO3. The molecule has 124 valence electrons. The average Bonchev–Trinajstić information content (AvgIpc) is 3.00. The summed E-state index contributed by atoms with van der Waals surface area (Å²) >= 11 is 0. The quantitative estimate of drug-likeness (QED) is 0.737. The number of rotatable bonds is 5. The first-order valence-electron chi connectivity index (χ1n) is 8.04. The summed E-state index contributed by atoms with van der Waals surface area (Å²) in [6, 6.07) is 6.01. The molecule has 1 aromatic rings. The molecule has 3 nitrogen and oxygen atoms in total. The summed E-state index contributed by atoms with van der Waals surface area (Å²) < 4.78 is 22.3. The lowest BCUT2D eigenvalue weighted by atomic mass is 10.0. The Labute approximate surface area is 132 Å². The number of ether oxygens (including phenoxy) is 2. The molecule has 0 saturated heterocycles. The fourth-order valence-corrected chi connectivity index (χ4v) is 2.67. The van der Waals surface area contributed by atoms with Gasteiger partial charge < -0.3 is 9.47 Å². The van der Waals surface area contributed by atoms with Crippen molar-refractivity contribution < 1.29 is 18.7 Å². The van der Waals surface area contributed by atoms with Crippen molar-refractivity contribution in [3.8, 4) is 5.75 Å². The van der Waals surface area contributed by atoms with Gasteiger partial charge in [0, 0.05) is 12.5 Å². The Bertz CT molecular complexity index is 442. The van der Waals surface area contributed by atoms with Gasteiger partial charge in [-0.25, -0.2) is 4.39 Å². The minimum atomic E-state index is -0.269. The molecule has 0 heterocycles. The largest absolute Gasteiger partial charge is 0.497 e. The number of methoxy groups -OCH3 is 1. The Morgan fingerprint density at radius 1 is 1.36 bits per heavy atom. The first kappa shape index (κ1) is 18.5. The Morgan fingerprint density at radius 2 is 2.05 bits per heavy atom. The van der Waals surface area contributed by atoms with Crippen molar-refractivity contribution in [2.75, 3.05) is 7.11 Å². The Hall–Kier alpha value is -1.58. The predicted molar refractivity (Wildman–Crippen MR) is 85.4 cm³/mol. The van der Waals surface area contributed by atoms with E-state index in [9.17, 15) is 9.18 Å². The number of carbonyl (C=O) groups excluding carboxylic acids is 1. The molecule has 0 N–H and O–H groups in total. The molecule has 1 aliphatic rings. The SMILES string of the molecule is CCC(=O)OC(C)CC1CCCC1.COc1cccc(F)c1. The normalized spacial score (nSPS) is 15.6. The number of hydrogen-bond acceptors (Lipinski definition) is 3. The highest BCUT2D eigenvalue weighted by Crippen LogP contribution is 2.29. The molecule has 0 aromatic heterocycles. The summed E-state index contributed by atoms with van der Waals surface area (Å²) in [6.07, 6.45) is 7.05. The molecule has 0 amide bonds. The van der Waals surface area contributed by atoms with Crippen molar-refractivity contribution in [3.63, 3.8) is 0 Å². The van der Waals surface area contributed by atoms with Crippen LogP contribution in [0.25, 0.3) is 0 Å². The lowest BCUT2D eigenvalue weighted by molar-refractivity contribution is -0.148. The van der Waals surface area contributed by atoms with Crippen LogP contribution in [0.4, 0.5) is 4.39 Å². The number of benzene rings is 1. The van der Waals surface area contributed by atoms with Crippen LogP contribution in [0, 0.1) is 11.7 Å². The molecule has 1 aromatic carbocycles. The van der Waals surface area contributed by atoms with E-state index in [1.54, 1.807) is 12.1 Å². The molecular weight excluding hydrogens is 283 g/mol. The third kappa shape index (κ3) is 7.43. The van der Waals surface area contributed by atoms with E-state index >= 15 is 0 Å². The Balaban J connectivity index is 0.000000235. The van der Waals surface area contributed by atoms with Crippen LogP contribution in [0.2, 0.25) is 0 Å². The van der Waals surface area contributed by atoms with Crippen LogP contribution in [-0.4, -0.2) is 19.2 Å². The van der Waals surface area contributed by atoms with Gasteiger partial charge in [0.15, 0.2) is 0 Å². The Kier molecular flexibility index (Phi) is 8.56. The fraction of sp³-hybridized carbons (Fsp3) is 0.611. The van der Waals surface area contributed by atoms with Crippen molar-refractivity contribution in [1.82, 2.24) is 0 Å². The maximum absolute atomic E-state index is 12.3. The fourth-order valence-electron chi connectivity index (χ4n) is 2.67. The van der Waals surface area contributed by atoms with E-state index < -0.39 is 0 Å². The molecule has 1 aliphatic carbocycles. The second kappa shape index (κ2) is 10.2. The van der Waals surface area contributed by atoms with E-state index in [1.165, 1.54) is 44.9 Å². The van der Waals surface area contributed by atoms with Gasteiger partial charge >= 0.3 is 5.97 Å². The highest BCUT2D eigenvalue weighted by atomic mass is 19.1. The van der Waals surface area contributed by atoms with Gasteiger partial charge in [0.05, 0.1) is 13.2 Å². The van der Waals surface area contributed by atoms with Gasteiger partial charge in [0.1, 0.15) is 11.6 Å². The number of carbonyl (C=O) groups is 1. The van der Waals surface area contributed by atoms with E-state index in [1.807, 2.05) is 13.8 Å². The van der Waals surface area contributed by atoms with E-state index in [0.717, 1.165) is 12.3 Å². The van der Waals surface area contributed by atoms with Gasteiger partial charge in [-0.1, -0.05) is 38.7 Å². The summed E-state index contributed by atoms with van der Waals surface area (Å²) in [4.78, 5) is 11.0. The van der Waals surface area contributed by atoms with Crippen molar-refractivity contribution in [2.24, 2.45) is 5.92 Å². The molecule has 4 heteroatoms.